The number of benzene rings is 1. The fraction of sp³-hybridized carbons (Fsp3) is 0.607. The van der Waals surface area contributed by atoms with E-state index in [1.54, 1.807) is 16.7 Å². The zero-order valence-corrected chi connectivity index (χ0v) is 22.3. The van der Waals surface area contributed by atoms with Crippen molar-refractivity contribution in [2.24, 2.45) is 11.8 Å². The van der Waals surface area contributed by atoms with Crippen molar-refractivity contribution in [3.8, 4) is 11.4 Å². The average molecular weight is 483 g/mol. The Balaban J connectivity index is 1.81. The Morgan fingerprint density at radius 3 is 2.37 bits per heavy atom. The Morgan fingerprint density at radius 2 is 1.80 bits per heavy atom. The smallest absolute Gasteiger partial charge is 0.245 e. The highest BCUT2D eigenvalue weighted by atomic mass is 16.5. The van der Waals surface area contributed by atoms with Crippen LogP contribution in [0.15, 0.2) is 30.3 Å². The van der Waals surface area contributed by atoms with Crippen molar-refractivity contribution >= 4 is 17.6 Å². The average Bonchev–Trinajstić information content (AvgIpc) is 3.26. The fourth-order valence-corrected chi connectivity index (χ4v) is 4.40. The molecular weight excluding hydrogens is 440 g/mol. The summed E-state index contributed by atoms with van der Waals surface area (Å²) in [6.45, 7) is 11.2. The van der Waals surface area contributed by atoms with Crippen LogP contribution in [0.3, 0.4) is 0 Å². The summed E-state index contributed by atoms with van der Waals surface area (Å²) in [5.41, 5.74) is 1.52. The van der Waals surface area contributed by atoms with Crippen molar-refractivity contribution in [1.82, 2.24) is 14.7 Å². The number of anilines is 1. The molecule has 1 aromatic carbocycles. The van der Waals surface area contributed by atoms with E-state index in [9.17, 15) is 9.59 Å². The minimum atomic E-state index is -0.201. The molecule has 0 aliphatic heterocycles. The minimum absolute atomic E-state index is 0.0426. The van der Waals surface area contributed by atoms with Gasteiger partial charge in [-0.2, -0.15) is 5.10 Å². The van der Waals surface area contributed by atoms with E-state index in [0.29, 0.717) is 18.3 Å². The molecule has 35 heavy (non-hydrogen) atoms. The molecule has 0 spiro atoms. The predicted octanol–water partition coefficient (Wildman–Crippen LogP) is 5.57. The summed E-state index contributed by atoms with van der Waals surface area (Å²) < 4.78 is 7.03. The van der Waals surface area contributed by atoms with Gasteiger partial charge in [0, 0.05) is 23.9 Å². The summed E-state index contributed by atoms with van der Waals surface area (Å²) in [6.07, 6.45) is 6.12. The van der Waals surface area contributed by atoms with Gasteiger partial charge in [-0.15, -0.1) is 0 Å². The number of nitrogens with one attached hydrogen (secondary N) is 1. The first kappa shape index (κ1) is 26.8. The second-order valence-corrected chi connectivity index (χ2v) is 11.1. The zero-order valence-electron chi connectivity index (χ0n) is 22.3. The van der Waals surface area contributed by atoms with Gasteiger partial charge in [0.25, 0.3) is 0 Å². The molecule has 7 nitrogen and oxygen atoms in total. The normalized spacial score (nSPS) is 14.7. The molecule has 2 aromatic rings. The Morgan fingerprint density at radius 1 is 1.14 bits per heavy atom. The van der Waals surface area contributed by atoms with E-state index in [0.717, 1.165) is 49.2 Å². The van der Waals surface area contributed by atoms with Crippen molar-refractivity contribution in [1.29, 1.82) is 0 Å². The first-order valence-corrected chi connectivity index (χ1v) is 12.9. The van der Waals surface area contributed by atoms with Gasteiger partial charge >= 0.3 is 0 Å². The third-order valence-electron chi connectivity index (χ3n) is 6.64. The largest absolute Gasteiger partial charge is 0.497 e. The summed E-state index contributed by atoms with van der Waals surface area (Å²) in [7, 11) is 1.63. The van der Waals surface area contributed by atoms with Gasteiger partial charge in [-0.3, -0.25) is 9.59 Å². The minimum Gasteiger partial charge on any atom is -0.497 e. The van der Waals surface area contributed by atoms with Crippen molar-refractivity contribution in [2.45, 2.75) is 78.6 Å². The fourth-order valence-electron chi connectivity index (χ4n) is 4.40. The topological polar surface area (TPSA) is 76.5 Å². The molecule has 7 heteroatoms. The first-order valence-electron chi connectivity index (χ1n) is 12.9. The van der Waals surface area contributed by atoms with E-state index in [-0.39, 0.29) is 29.7 Å². The number of carbonyl (C=O) groups is 2. The zero-order chi connectivity index (χ0) is 25.6. The lowest BCUT2D eigenvalue weighted by Crippen LogP contribution is -2.42. The van der Waals surface area contributed by atoms with Gasteiger partial charge in [-0.25, -0.2) is 4.68 Å². The number of hydrogen-bond acceptors (Lipinski definition) is 4. The van der Waals surface area contributed by atoms with E-state index >= 15 is 0 Å². The molecule has 1 fully saturated rings. The molecule has 1 aromatic heterocycles. The molecule has 3 rings (SSSR count). The maximum atomic E-state index is 13.3. The van der Waals surface area contributed by atoms with Gasteiger partial charge < -0.3 is 15.0 Å². The Bertz CT molecular complexity index is 983. The standard InChI is InChI=1S/C28H42N4O3/c1-20(2)16-17-31(27(34)21-10-8-7-9-11-21)19-26(33)29-25-18-24(28(3,4)5)30-32(25)22-12-14-23(35-6)15-13-22/h12-15,18,20-21H,7-11,16-17,19H2,1-6H3,(H,29,33). The summed E-state index contributed by atoms with van der Waals surface area (Å²) >= 11 is 0. The molecule has 1 saturated carbocycles. The SMILES string of the molecule is COc1ccc(-n2nc(C(C)(C)C)cc2NC(=O)CN(CCC(C)C)C(=O)C2CCCCC2)cc1. The first-order chi connectivity index (χ1) is 16.6. The lowest BCUT2D eigenvalue weighted by molar-refractivity contribution is -0.139. The number of methoxy groups -OCH3 is 1. The van der Waals surface area contributed by atoms with Crippen molar-refractivity contribution in [2.75, 3.05) is 25.5 Å². The molecule has 0 unspecified atom stereocenters. The molecule has 0 radical (unpaired) electrons. The van der Waals surface area contributed by atoms with E-state index in [1.807, 2.05) is 30.3 Å². The molecular formula is C28H42N4O3. The maximum absolute atomic E-state index is 13.3. The molecule has 2 amide bonds. The van der Waals surface area contributed by atoms with Crippen LogP contribution in [0.4, 0.5) is 5.82 Å². The third kappa shape index (κ3) is 7.33. The molecule has 1 heterocycles. The van der Waals surface area contributed by atoms with E-state index in [4.69, 9.17) is 9.84 Å². The molecule has 0 atom stereocenters. The number of amides is 2. The monoisotopic (exact) mass is 482 g/mol. The summed E-state index contributed by atoms with van der Waals surface area (Å²) in [6, 6.07) is 9.49. The highest BCUT2D eigenvalue weighted by Crippen LogP contribution is 2.28. The summed E-state index contributed by atoms with van der Waals surface area (Å²) in [5, 5.41) is 7.83. The number of carbonyl (C=O) groups excluding carboxylic acids is 2. The van der Waals surface area contributed by atoms with Crippen molar-refractivity contribution < 1.29 is 14.3 Å². The van der Waals surface area contributed by atoms with E-state index < -0.39 is 0 Å². The van der Waals surface area contributed by atoms with E-state index in [2.05, 4.69) is 39.9 Å². The lowest BCUT2D eigenvalue weighted by atomic mass is 9.88. The Labute approximate surface area is 210 Å². The Kier molecular flexibility index (Phi) is 8.98. The molecule has 1 aliphatic rings. The lowest BCUT2D eigenvalue weighted by Gasteiger charge is -2.29. The van der Waals surface area contributed by atoms with Crippen LogP contribution in [-0.2, 0) is 15.0 Å². The van der Waals surface area contributed by atoms with Gasteiger partial charge in [0.15, 0.2) is 0 Å². The number of rotatable bonds is 9. The van der Waals surface area contributed by atoms with Gasteiger partial charge in [0.2, 0.25) is 11.8 Å². The molecule has 192 valence electrons. The highest BCUT2D eigenvalue weighted by molar-refractivity contribution is 5.94. The third-order valence-corrected chi connectivity index (χ3v) is 6.64. The molecule has 1 N–H and O–H groups in total. The van der Waals surface area contributed by atoms with Gasteiger partial charge in [0.05, 0.1) is 25.0 Å². The quantitative estimate of drug-likeness (QED) is 0.507. The van der Waals surface area contributed by atoms with Crippen LogP contribution in [0, 0.1) is 11.8 Å². The number of ether oxygens (including phenoxy) is 1. The van der Waals surface area contributed by atoms with Crippen LogP contribution in [-0.4, -0.2) is 46.7 Å². The van der Waals surface area contributed by atoms with Crippen LogP contribution in [0.25, 0.3) is 5.69 Å². The van der Waals surface area contributed by atoms with Crippen LogP contribution in [0.2, 0.25) is 0 Å². The van der Waals surface area contributed by atoms with Crippen LogP contribution >= 0.6 is 0 Å². The number of aromatic nitrogens is 2. The molecule has 0 saturated heterocycles. The second-order valence-electron chi connectivity index (χ2n) is 11.1. The summed E-state index contributed by atoms with van der Waals surface area (Å²) in [5.74, 6) is 1.78. The maximum Gasteiger partial charge on any atom is 0.245 e. The van der Waals surface area contributed by atoms with E-state index in [1.165, 1.54) is 6.42 Å². The second kappa shape index (κ2) is 11.7. The summed E-state index contributed by atoms with van der Waals surface area (Å²) in [4.78, 5) is 28.3. The van der Waals surface area contributed by atoms with Crippen LogP contribution in [0.5, 0.6) is 5.75 Å². The van der Waals surface area contributed by atoms with Gasteiger partial charge in [0.1, 0.15) is 11.6 Å². The van der Waals surface area contributed by atoms with Crippen molar-refractivity contribution in [3.63, 3.8) is 0 Å². The molecule has 0 bridgehead atoms. The van der Waals surface area contributed by atoms with Crippen LogP contribution in [0.1, 0.15) is 78.8 Å². The van der Waals surface area contributed by atoms with Crippen molar-refractivity contribution in [3.05, 3.63) is 36.0 Å². The number of hydrogen-bond donors (Lipinski definition) is 1. The van der Waals surface area contributed by atoms with Gasteiger partial charge in [-0.1, -0.05) is 53.9 Å². The molecule has 1 aliphatic carbocycles. The van der Waals surface area contributed by atoms with Gasteiger partial charge in [-0.05, 0) is 49.4 Å². The Hall–Kier alpha value is -2.83. The number of nitrogens with zero attached hydrogens (tertiary/aromatic N) is 3. The van der Waals surface area contributed by atoms with Crippen LogP contribution < -0.4 is 10.1 Å². The predicted molar refractivity (Wildman–Crippen MR) is 140 cm³/mol. The highest BCUT2D eigenvalue weighted by Gasteiger charge is 2.28.